The molecule has 0 saturated carbocycles. The highest BCUT2D eigenvalue weighted by Crippen LogP contribution is 2.34. The van der Waals surface area contributed by atoms with Gasteiger partial charge in [-0.25, -0.2) is 4.39 Å². The van der Waals surface area contributed by atoms with E-state index >= 15 is 0 Å². The van der Waals surface area contributed by atoms with Crippen molar-refractivity contribution in [2.45, 2.75) is 39.5 Å². The van der Waals surface area contributed by atoms with Crippen molar-refractivity contribution in [3.63, 3.8) is 0 Å². The first-order valence-corrected chi connectivity index (χ1v) is 6.21. The molecule has 0 saturated heterocycles. The third-order valence-corrected chi connectivity index (χ3v) is 3.71. The Balaban J connectivity index is 2.45. The molecule has 0 N–H and O–H groups in total. The fraction of sp³-hybridized carbons (Fsp3) is 0.375. The van der Waals surface area contributed by atoms with Crippen LogP contribution in [-0.4, -0.2) is 0 Å². The summed E-state index contributed by atoms with van der Waals surface area (Å²) in [6, 6.07) is 8.55. The van der Waals surface area contributed by atoms with Crippen molar-refractivity contribution in [2.75, 3.05) is 0 Å². The van der Waals surface area contributed by atoms with Gasteiger partial charge in [-0.3, -0.25) is 0 Å². The highest BCUT2D eigenvalue weighted by Gasteiger charge is 2.18. The average molecular weight is 230 g/mol. The van der Waals surface area contributed by atoms with Gasteiger partial charge in [0.15, 0.2) is 0 Å². The van der Waals surface area contributed by atoms with Gasteiger partial charge < -0.3 is 0 Å². The second-order valence-electron chi connectivity index (χ2n) is 4.86. The predicted octanol–water partition coefficient (Wildman–Crippen LogP) is 4.93. The van der Waals surface area contributed by atoms with Gasteiger partial charge in [0, 0.05) is 5.92 Å². The van der Waals surface area contributed by atoms with Gasteiger partial charge in [-0.15, -0.1) is 0 Å². The van der Waals surface area contributed by atoms with Gasteiger partial charge in [-0.1, -0.05) is 36.8 Å². The summed E-state index contributed by atoms with van der Waals surface area (Å²) in [5.41, 5.74) is 5.25. The Hall–Kier alpha value is -1.37. The summed E-state index contributed by atoms with van der Waals surface area (Å²) in [7, 11) is 0. The van der Waals surface area contributed by atoms with Crippen molar-refractivity contribution in [1.82, 2.24) is 0 Å². The van der Waals surface area contributed by atoms with E-state index in [0.717, 1.165) is 18.4 Å². The molecule has 1 aromatic rings. The van der Waals surface area contributed by atoms with E-state index < -0.39 is 0 Å². The molecule has 0 fully saturated rings. The van der Waals surface area contributed by atoms with E-state index in [2.05, 4.69) is 38.1 Å². The molecule has 90 valence electrons. The summed E-state index contributed by atoms with van der Waals surface area (Å²) >= 11 is 0. The van der Waals surface area contributed by atoms with Crippen LogP contribution in [0.3, 0.4) is 0 Å². The monoisotopic (exact) mass is 230 g/mol. The Bertz CT molecular complexity index is 476. The summed E-state index contributed by atoms with van der Waals surface area (Å²) in [4.78, 5) is 0. The minimum atomic E-state index is -0.0995. The van der Waals surface area contributed by atoms with Gasteiger partial charge in [-0.2, -0.15) is 0 Å². The third-order valence-electron chi connectivity index (χ3n) is 3.71. The minimum Gasteiger partial charge on any atom is -0.212 e. The second-order valence-corrected chi connectivity index (χ2v) is 4.86. The van der Waals surface area contributed by atoms with Crippen LogP contribution in [0.1, 0.15) is 44.2 Å². The summed E-state index contributed by atoms with van der Waals surface area (Å²) in [6.07, 6.45) is 3.64. The van der Waals surface area contributed by atoms with E-state index in [1.54, 1.807) is 6.08 Å². The SMILES string of the molecule is CC1=C(/C=C(\C)F)CCc2ccccc2C1C. The minimum absolute atomic E-state index is 0.0995. The number of benzene rings is 1. The second kappa shape index (κ2) is 4.87. The Morgan fingerprint density at radius 2 is 2.00 bits per heavy atom. The normalized spacial score (nSPS) is 21.2. The van der Waals surface area contributed by atoms with Crippen LogP contribution in [0.25, 0.3) is 0 Å². The first kappa shape index (κ1) is 12.1. The molecule has 0 aromatic heterocycles. The van der Waals surface area contributed by atoms with Crippen molar-refractivity contribution in [3.8, 4) is 0 Å². The van der Waals surface area contributed by atoms with E-state index in [9.17, 15) is 4.39 Å². The largest absolute Gasteiger partial charge is 0.212 e. The number of hydrogen-bond acceptors (Lipinski definition) is 0. The standard InChI is InChI=1S/C16H19F/c1-11(17)10-15-9-8-14-6-4-5-7-16(14)13(3)12(15)2/h4-7,10,13H,8-9H2,1-3H3/b11-10+. The molecule has 0 heterocycles. The molecule has 1 aromatic carbocycles. The zero-order valence-corrected chi connectivity index (χ0v) is 10.8. The summed E-state index contributed by atoms with van der Waals surface area (Å²) in [5, 5.41) is 0. The van der Waals surface area contributed by atoms with Crippen LogP contribution < -0.4 is 0 Å². The van der Waals surface area contributed by atoms with E-state index in [4.69, 9.17) is 0 Å². The summed E-state index contributed by atoms with van der Waals surface area (Å²) in [6.45, 7) is 5.85. The molecular weight excluding hydrogens is 211 g/mol. The summed E-state index contributed by atoms with van der Waals surface area (Å²) in [5.74, 6) is 0.289. The first-order chi connectivity index (χ1) is 8.09. The van der Waals surface area contributed by atoms with E-state index in [-0.39, 0.29) is 5.83 Å². The van der Waals surface area contributed by atoms with Crippen molar-refractivity contribution in [3.05, 3.63) is 58.4 Å². The molecule has 1 unspecified atom stereocenters. The van der Waals surface area contributed by atoms with Gasteiger partial charge in [0.1, 0.15) is 0 Å². The highest BCUT2D eigenvalue weighted by molar-refractivity contribution is 5.42. The lowest BCUT2D eigenvalue weighted by molar-refractivity contribution is 0.637. The first-order valence-electron chi connectivity index (χ1n) is 6.21. The Morgan fingerprint density at radius 3 is 2.71 bits per heavy atom. The smallest absolute Gasteiger partial charge is 0.0971 e. The number of rotatable bonds is 1. The number of allylic oxidation sites excluding steroid dienone is 4. The Kier molecular flexibility index (Phi) is 3.46. The van der Waals surface area contributed by atoms with Gasteiger partial charge in [0.05, 0.1) is 5.83 Å². The van der Waals surface area contributed by atoms with Crippen LogP contribution in [0.2, 0.25) is 0 Å². The molecule has 17 heavy (non-hydrogen) atoms. The molecule has 2 rings (SSSR count). The average Bonchev–Trinajstić information content (AvgIpc) is 2.42. The topological polar surface area (TPSA) is 0 Å². The van der Waals surface area contributed by atoms with Crippen LogP contribution in [0.4, 0.5) is 4.39 Å². The lowest BCUT2D eigenvalue weighted by atomic mass is 9.90. The molecule has 0 spiro atoms. The van der Waals surface area contributed by atoms with Crippen molar-refractivity contribution in [1.29, 1.82) is 0 Å². The maximum Gasteiger partial charge on any atom is 0.0971 e. The molecule has 1 heteroatoms. The number of halogens is 1. The number of fused-ring (bicyclic) bond motifs is 1. The third kappa shape index (κ3) is 2.49. The van der Waals surface area contributed by atoms with Crippen LogP contribution >= 0.6 is 0 Å². The summed E-state index contributed by atoms with van der Waals surface area (Å²) < 4.78 is 13.1. The van der Waals surface area contributed by atoms with Gasteiger partial charge >= 0.3 is 0 Å². The molecular formula is C16H19F. The zero-order chi connectivity index (χ0) is 12.4. The zero-order valence-electron chi connectivity index (χ0n) is 10.8. The fourth-order valence-corrected chi connectivity index (χ4v) is 2.59. The Labute approximate surface area is 103 Å². The lowest BCUT2D eigenvalue weighted by Crippen LogP contribution is -1.97. The maximum atomic E-state index is 13.1. The van der Waals surface area contributed by atoms with Crippen LogP contribution in [0, 0.1) is 0 Å². The van der Waals surface area contributed by atoms with E-state index in [0.29, 0.717) is 5.92 Å². The molecule has 0 aliphatic heterocycles. The predicted molar refractivity (Wildman–Crippen MR) is 70.7 cm³/mol. The quantitative estimate of drug-likeness (QED) is 0.642. The van der Waals surface area contributed by atoms with Crippen LogP contribution in [0.5, 0.6) is 0 Å². The van der Waals surface area contributed by atoms with Gasteiger partial charge in [-0.05, 0) is 49.5 Å². The molecule has 0 bridgehead atoms. The van der Waals surface area contributed by atoms with Gasteiger partial charge in [0.2, 0.25) is 0 Å². The lowest BCUT2D eigenvalue weighted by Gasteiger charge is -2.15. The molecule has 0 radical (unpaired) electrons. The molecule has 1 aliphatic rings. The highest BCUT2D eigenvalue weighted by atomic mass is 19.1. The Morgan fingerprint density at radius 1 is 1.29 bits per heavy atom. The van der Waals surface area contributed by atoms with E-state index in [1.807, 2.05) is 0 Å². The molecule has 0 amide bonds. The molecule has 0 nitrogen and oxygen atoms in total. The molecule has 1 aliphatic carbocycles. The van der Waals surface area contributed by atoms with Gasteiger partial charge in [0.25, 0.3) is 0 Å². The van der Waals surface area contributed by atoms with E-state index in [1.165, 1.54) is 23.6 Å². The maximum absolute atomic E-state index is 13.1. The molecule has 1 atom stereocenters. The van der Waals surface area contributed by atoms with Crippen LogP contribution in [0.15, 0.2) is 47.3 Å². The number of hydrogen-bond donors (Lipinski definition) is 0. The van der Waals surface area contributed by atoms with Crippen LogP contribution in [-0.2, 0) is 6.42 Å². The number of aryl methyl sites for hydroxylation is 1. The van der Waals surface area contributed by atoms with Crippen molar-refractivity contribution in [2.24, 2.45) is 0 Å². The fourth-order valence-electron chi connectivity index (χ4n) is 2.59. The van der Waals surface area contributed by atoms with Crippen molar-refractivity contribution >= 4 is 0 Å². The van der Waals surface area contributed by atoms with Crippen molar-refractivity contribution < 1.29 is 4.39 Å².